The maximum atomic E-state index is 14.6. The lowest BCUT2D eigenvalue weighted by Gasteiger charge is -2.45. The predicted octanol–water partition coefficient (Wildman–Crippen LogP) is 1.67. The van der Waals surface area contributed by atoms with Crippen molar-refractivity contribution in [3.8, 4) is 0 Å². The highest BCUT2D eigenvalue weighted by atomic mass is 19.1. The first-order valence-electron chi connectivity index (χ1n) is 10.0. The quantitative estimate of drug-likeness (QED) is 0.638. The number of carbonyl (C=O) groups excluding carboxylic acids is 1. The molecule has 30 heavy (non-hydrogen) atoms. The Morgan fingerprint density at radius 1 is 1.20 bits per heavy atom. The highest BCUT2D eigenvalue weighted by Crippen LogP contribution is 2.30. The molecule has 0 unspecified atom stereocenters. The van der Waals surface area contributed by atoms with E-state index in [0.717, 1.165) is 24.2 Å². The van der Waals surface area contributed by atoms with Gasteiger partial charge in [-0.3, -0.25) is 4.79 Å². The lowest BCUT2D eigenvalue weighted by molar-refractivity contribution is 0.102. The van der Waals surface area contributed by atoms with Crippen LogP contribution >= 0.6 is 0 Å². The predicted molar refractivity (Wildman–Crippen MR) is 110 cm³/mol. The molecule has 0 spiro atoms. The van der Waals surface area contributed by atoms with Crippen molar-refractivity contribution in [2.75, 3.05) is 29.9 Å². The number of fused-ring (bicyclic) bond motifs is 1. The highest BCUT2D eigenvalue weighted by molar-refractivity contribution is 6.02. The lowest BCUT2D eigenvalue weighted by Crippen LogP contribution is -2.63. The van der Waals surface area contributed by atoms with E-state index in [4.69, 9.17) is 0 Å². The smallest absolute Gasteiger partial charge is 0.277 e. The standard InChI is InChI=1S/C20H23FN8O/c1-12-7-28-8-16(26-13(2)18(28)25-12)27-19(30)15-5-23-17(6-22-15)29-10-20(21,11-29)9-24-14-3-4-14/h5-8,14,24H,3-4,9-11H2,1-2H3,(H,27,30). The average Bonchev–Trinajstić information content (AvgIpc) is 3.44. The third-order valence-electron chi connectivity index (χ3n) is 5.40. The van der Waals surface area contributed by atoms with E-state index < -0.39 is 11.6 Å². The third-order valence-corrected chi connectivity index (χ3v) is 5.40. The summed E-state index contributed by atoms with van der Waals surface area (Å²) in [5.41, 5.74) is 1.28. The van der Waals surface area contributed by atoms with Crippen molar-refractivity contribution in [3.05, 3.63) is 41.9 Å². The Labute approximate surface area is 172 Å². The second-order valence-electron chi connectivity index (χ2n) is 8.20. The molecule has 1 saturated carbocycles. The van der Waals surface area contributed by atoms with E-state index in [0.29, 0.717) is 29.9 Å². The van der Waals surface area contributed by atoms with Crippen molar-refractivity contribution < 1.29 is 9.18 Å². The molecule has 1 saturated heterocycles. The minimum absolute atomic E-state index is 0.169. The van der Waals surface area contributed by atoms with Gasteiger partial charge in [0.1, 0.15) is 17.3 Å². The van der Waals surface area contributed by atoms with Crippen LogP contribution in [0.5, 0.6) is 0 Å². The number of rotatable bonds is 6. The van der Waals surface area contributed by atoms with E-state index in [1.807, 2.05) is 29.3 Å². The van der Waals surface area contributed by atoms with Crippen molar-refractivity contribution in [2.45, 2.75) is 38.4 Å². The number of alkyl halides is 1. The van der Waals surface area contributed by atoms with Gasteiger partial charge < -0.3 is 19.9 Å². The van der Waals surface area contributed by atoms with Gasteiger partial charge in [0.25, 0.3) is 5.91 Å². The Bertz CT molecular complexity index is 1100. The number of imidazole rings is 1. The van der Waals surface area contributed by atoms with Crippen LogP contribution in [0.3, 0.4) is 0 Å². The second kappa shape index (κ2) is 6.98. The van der Waals surface area contributed by atoms with E-state index in [9.17, 15) is 9.18 Å². The SMILES string of the molecule is Cc1cn2cc(NC(=O)c3cnc(N4CC(F)(CNC5CC5)C4)cn3)nc(C)c2n1. The molecule has 1 aliphatic heterocycles. The summed E-state index contributed by atoms with van der Waals surface area (Å²) in [6.45, 7) is 4.66. The number of nitrogens with zero attached hydrogens (tertiary/aromatic N) is 6. The van der Waals surface area contributed by atoms with Gasteiger partial charge >= 0.3 is 0 Å². The molecule has 156 valence electrons. The second-order valence-corrected chi connectivity index (χ2v) is 8.20. The topological polar surface area (TPSA) is 100 Å². The Kier molecular flexibility index (Phi) is 4.39. The van der Waals surface area contributed by atoms with Gasteiger partial charge in [-0.05, 0) is 26.7 Å². The van der Waals surface area contributed by atoms with E-state index in [1.165, 1.54) is 12.4 Å². The number of anilines is 2. The molecular weight excluding hydrogens is 387 g/mol. The number of carbonyl (C=O) groups is 1. The summed E-state index contributed by atoms with van der Waals surface area (Å²) in [7, 11) is 0. The van der Waals surface area contributed by atoms with Gasteiger partial charge in [0, 0.05) is 18.8 Å². The fourth-order valence-corrected chi connectivity index (χ4v) is 3.64. The summed E-state index contributed by atoms with van der Waals surface area (Å²) in [5, 5.41) is 5.97. The van der Waals surface area contributed by atoms with Crippen LogP contribution in [0.2, 0.25) is 0 Å². The van der Waals surface area contributed by atoms with Crippen molar-refractivity contribution in [3.63, 3.8) is 0 Å². The molecule has 9 nitrogen and oxygen atoms in total. The van der Waals surface area contributed by atoms with E-state index in [2.05, 4.69) is 30.6 Å². The monoisotopic (exact) mass is 410 g/mol. The Morgan fingerprint density at radius 3 is 2.70 bits per heavy atom. The van der Waals surface area contributed by atoms with Crippen LogP contribution in [0, 0.1) is 13.8 Å². The van der Waals surface area contributed by atoms with Gasteiger partial charge in [0.05, 0.1) is 43.1 Å². The molecule has 0 aromatic carbocycles. The van der Waals surface area contributed by atoms with Crippen LogP contribution in [-0.4, -0.2) is 61.6 Å². The van der Waals surface area contributed by atoms with Crippen LogP contribution < -0.4 is 15.5 Å². The van der Waals surface area contributed by atoms with E-state index in [-0.39, 0.29) is 18.8 Å². The number of hydrogen-bond donors (Lipinski definition) is 2. The first-order valence-corrected chi connectivity index (χ1v) is 10.0. The first-order chi connectivity index (χ1) is 14.4. The number of amides is 1. The third kappa shape index (κ3) is 3.70. The van der Waals surface area contributed by atoms with Crippen molar-refractivity contribution in [1.82, 2.24) is 29.7 Å². The molecule has 4 heterocycles. The molecule has 2 aliphatic rings. The largest absolute Gasteiger partial charge is 0.349 e. The summed E-state index contributed by atoms with van der Waals surface area (Å²) in [6, 6.07) is 0.487. The van der Waals surface area contributed by atoms with Crippen LogP contribution in [0.4, 0.5) is 16.0 Å². The van der Waals surface area contributed by atoms with Crippen molar-refractivity contribution >= 4 is 23.2 Å². The summed E-state index contributed by atoms with van der Waals surface area (Å²) in [6.07, 6.45) is 8.76. The zero-order valence-corrected chi connectivity index (χ0v) is 16.9. The molecule has 3 aromatic rings. The summed E-state index contributed by atoms with van der Waals surface area (Å²) >= 11 is 0. The summed E-state index contributed by atoms with van der Waals surface area (Å²) < 4.78 is 16.4. The average molecular weight is 410 g/mol. The van der Waals surface area contributed by atoms with Gasteiger partial charge in [-0.25, -0.2) is 24.3 Å². The fourth-order valence-electron chi connectivity index (χ4n) is 3.64. The maximum Gasteiger partial charge on any atom is 0.277 e. The zero-order valence-electron chi connectivity index (χ0n) is 16.9. The maximum absolute atomic E-state index is 14.6. The molecular formula is C20H23FN8O. The normalized spacial score (nSPS) is 17.8. The molecule has 2 fully saturated rings. The molecule has 3 aromatic heterocycles. The van der Waals surface area contributed by atoms with Gasteiger partial charge in [-0.1, -0.05) is 0 Å². The van der Waals surface area contributed by atoms with Gasteiger partial charge in [0.2, 0.25) is 0 Å². The number of aryl methyl sites for hydroxylation is 2. The summed E-state index contributed by atoms with van der Waals surface area (Å²) in [4.78, 5) is 31.6. The molecule has 2 N–H and O–H groups in total. The van der Waals surface area contributed by atoms with Crippen LogP contribution in [0.1, 0.15) is 34.7 Å². The van der Waals surface area contributed by atoms with Gasteiger partial charge in [-0.15, -0.1) is 0 Å². The molecule has 5 rings (SSSR count). The first kappa shape index (κ1) is 18.9. The number of aromatic nitrogens is 5. The van der Waals surface area contributed by atoms with Crippen LogP contribution in [-0.2, 0) is 0 Å². The zero-order chi connectivity index (χ0) is 20.9. The minimum Gasteiger partial charge on any atom is -0.349 e. The van der Waals surface area contributed by atoms with Gasteiger partial charge in [-0.2, -0.15) is 0 Å². The van der Waals surface area contributed by atoms with Crippen molar-refractivity contribution in [1.29, 1.82) is 0 Å². The summed E-state index contributed by atoms with van der Waals surface area (Å²) in [5.74, 6) is 0.561. The molecule has 1 amide bonds. The lowest BCUT2D eigenvalue weighted by atomic mass is 9.96. The molecule has 1 aliphatic carbocycles. The molecule has 0 atom stereocenters. The molecule has 0 bridgehead atoms. The Morgan fingerprint density at radius 2 is 2.00 bits per heavy atom. The highest BCUT2D eigenvalue weighted by Gasteiger charge is 2.44. The van der Waals surface area contributed by atoms with Crippen molar-refractivity contribution in [2.24, 2.45) is 0 Å². The number of halogens is 1. The number of nitrogens with one attached hydrogen (secondary N) is 2. The van der Waals surface area contributed by atoms with Crippen LogP contribution in [0.25, 0.3) is 5.65 Å². The van der Waals surface area contributed by atoms with E-state index >= 15 is 0 Å². The van der Waals surface area contributed by atoms with Gasteiger partial charge in [0.15, 0.2) is 11.3 Å². The van der Waals surface area contributed by atoms with Crippen LogP contribution in [0.15, 0.2) is 24.8 Å². The molecule has 0 radical (unpaired) electrons. The fraction of sp³-hybridized carbons (Fsp3) is 0.450. The number of hydrogen-bond acceptors (Lipinski definition) is 7. The Hall–Kier alpha value is -3.14. The minimum atomic E-state index is -1.23. The molecule has 10 heteroatoms. The Balaban J connectivity index is 1.22. The van der Waals surface area contributed by atoms with E-state index in [1.54, 1.807) is 6.20 Å².